The highest BCUT2D eigenvalue weighted by atomic mass is 79.9. The molecule has 2 rings (SSSR count). The highest BCUT2D eigenvalue weighted by Gasteiger charge is 2.30. The van der Waals surface area contributed by atoms with Crippen molar-refractivity contribution in [3.63, 3.8) is 0 Å². The molecular weight excluding hydrogens is 328 g/mol. The van der Waals surface area contributed by atoms with Crippen molar-refractivity contribution in [3.8, 4) is 5.75 Å². The summed E-state index contributed by atoms with van der Waals surface area (Å²) in [6.07, 6.45) is 0.299. The zero-order valence-electron chi connectivity index (χ0n) is 9.15. The zero-order chi connectivity index (χ0) is 13.3. The summed E-state index contributed by atoms with van der Waals surface area (Å²) in [5.41, 5.74) is 0.347. The van der Waals surface area contributed by atoms with Crippen LogP contribution in [0.2, 0.25) is 0 Å². The molecule has 1 aliphatic rings. The van der Waals surface area contributed by atoms with E-state index in [1.165, 1.54) is 11.0 Å². The topological polar surface area (TPSA) is 29.5 Å². The average molecular weight is 338 g/mol. The number of rotatable bonds is 3. The number of hydrogen-bond acceptors (Lipinski definition) is 3. The zero-order valence-corrected chi connectivity index (χ0v) is 11.6. The third kappa shape index (κ3) is 2.95. The normalized spacial score (nSPS) is 19.7. The van der Waals surface area contributed by atoms with Gasteiger partial charge in [0, 0.05) is 22.7 Å². The molecule has 1 unspecified atom stereocenters. The Labute approximate surface area is 117 Å². The van der Waals surface area contributed by atoms with Crippen molar-refractivity contribution in [2.75, 3.05) is 11.4 Å². The van der Waals surface area contributed by atoms with Gasteiger partial charge in [0.2, 0.25) is 5.91 Å². The van der Waals surface area contributed by atoms with Gasteiger partial charge >= 0.3 is 6.61 Å². The minimum Gasteiger partial charge on any atom is -0.433 e. The van der Waals surface area contributed by atoms with Crippen molar-refractivity contribution in [1.29, 1.82) is 0 Å². The van der Waals surface area contributed by atoms with E-state index in [4.69, 9.17) is 0 Å². The van der Waals surface area contributed by atoms with Gasteiger partial charge in [0.1, 0.15) is 0 Å². The van der Waals surface area contributed by atoms with E-state index in [1.807, 2.05) is 0 Å². The summed E-state index contributed by atoms with van der Waals surface area (Å²) in [5, 5.41) is -0.0828. The van der Waals surface area contributed by atoms with Gasteiger partial charge in [0.05, 0.1) is 5.69 Å². The molecule has 1 aliphatic heterocycles. The maximum Gasteiger partial charge on any atom is 0.387 e. The first-order valence-electron chi connectivity index (χ1n) is 5.20. The molecule has 0 aromatic heterocycles. The summed E-state index contributed by atoms with van der Waals surface area (Å²) in [5.74, 6) is -0.161. The molecule has 0 saturated carbocycles. The van der Waals surface area contributed by atoms with Crippen LogP contribution in [0.25, 0.3) is 0 Å². The van der Waals surface area contributed by atoms with Gasteiger partial charge in [-0.15, -0.1) is 0 Å². The molecule has 1 aromatic carbocycles. The number of benzene rings is 1. The summed E-state index contributed by atoms with van der Waals surface area (Å²) >= 11 is 7.40. The Balaban J connectivity index is 2.34. The van der Waals surface area contributed by atoms with Gasteiger partial charge in [-0.2, -0.15) is 21.4 Å². The fourth-order valence-corrected chi connectivity index (χ4v) is 2.48. The van der Waals surface area contributed by atoms with Gasteiger partial charge in [-0.1, -0.05) is 15.9 Å². The van der Waals surface area contributed by atoms with E-state index in [9.17, 15) is 13.6 Å². The van der Waals surface area contributed by atoms with Gasteiger partial charge in [0.15, 0.2) is 5.75 Å². The Morgan fingerprint density at radius 2 is 2.22 bits per heavy atom. The molecule has 7 heteroatoms. The number of hydrogen-bond donors (Lipinski definition) is 1. The number of thiol groups is 1. The first kappa shape index (κ1) is 13.6. The molecule has 0 radical (unpaired) electrons. The largest absolute Gasteiger partial charge is 0.433 e. The molecule has 0 spiro atoms. The second-order valence-corrected chi connectivity index (χ2v) is 5.50. The van der Waals surface area contributed by atoms with Crippen LogP contribution in [0.1, 0.15) is 6.42 Å². The Bertz CT molecular complexity index is 472. The molecule has 3 nitrogen and oxygen atoms in total. The minimum atomic E-state index is -2.93. The van der Waals surface area contributed by atoms with E-state index >= 15 is 0 Å². The van der Waals surface area contributed by atoms with E-state index in [1.54, 1.807) is 12.1 Å². The molecular formula is C11H10BrF2NO2S. The molecule has 1 fully saturated rings. The van der Waals surface area contributed by atoms with Gasteiger partial charge < -0.3 is 9.64 Å². The van der Waals surface area contributed by atoms with Crippen LogP contribution in [-0.4, -0.2) is 24.3 Å². The van der Waals surface area contributed by atoms with Crippen molar-refractivity contribution in [3.05, 3.63) is 22.7 Å². The predicted molar refractivity (Wildman–Crippen MR) is 70.5 cm³/mol. The number of halogens is 3. The lowest BCUT2D eigenvalue weighted by Gasteiger charge is -2.20. The summed E-state index contributed by atoms with van der Waals surface area (Å²) in [4.78, 5) is 13.1. The Morgan fingerprint density at radius 1 is 1.50 bits per heavy atom. The number of nitrogens with zero attached hydrogens (tertiary/aromatic N) is 1. The first-order chi connectivity index (χ1) is 8.47. The molecule has 18 heavy (non-hydrogen) atoms. The summed E-state index contributed by atoms with van der Waals surface area (Å²) in [6.45, 7) is -2.54. The molecule has 98 valence electrons. The van der Waals surface area contributed by atoms with Crippen LogP contribution in [0.5, 0.6) is 5.75 Å². The van der Waals surface area contributed by atoms with Crippen LogP contribution in [0.4, 0.5) is 14.5 Å². The number of anilines is 1. The van der Waals surface area contributed by atoms with Crippen molar-refractivity contribution >= 4 is 40.2 Å². The fourth-order valence-electron chi connectivity index (χ4n) is 1.82. The van der Waals surface area contributed by atoms with Crippen molar-refractivity contribution in [2.24, 2.45) is 0 Å². The molecule has 0 aliphatic carbocycles. The predicted octanol–water partition coefficient (Wildman–Crippen LogP) is 3.09. The monoisotopic (exact) mass is 337 g/mol. The van der Waals surface area contributed by atoms with Crippen LogP contribution < -0.4 is 9.64 Å². The number of amides is 1. The molecule has 0 bridgehead atoms. The SMILES string of the molecule is O=C1CC(S)CN1c1ccc(Br)cc1OC(F)F. The maximum atomic E-state index is 12.3. The number of carbonyl (C=O) groups is 1. The molecule has 1 heterocycles. The quantitative estimate of drug-likeness (QED) is 0.859. The van der Waals surface area contributed by atoms with E-state index < -0.39 is 6.61 Å². The lowest BCUT2D eigenvalue weighted by atomic mass is 10.2. The van der Waals surface area contributed by atoms with Crippen LogP contribution in [0.15, 0.2) is 22.7 Å². The van der Waals surface area contributed by atoms with Crippen molar-refractivity contribution < 1.29 is 18.3 Å². The van der Waals surface area contributed by atoms with Crippen molar-refractivity contribution in [1.82, 2.24) is 0 Å². The second-order valence-electron chi connectivity index (χ2n) is 3.85. The Morgan fingerprint density at radius 3 is 2.78 bits per heavy atom. The fraction of sp³-hybridized carbons (Fsp3) is 0.364. The molecule has 1 aromatic rings. The molecule has 0 N–H and O–H groups in total. The number of alkyl halides is 2. The lowest BCUT2D eigenvalue weighted by Crippen LogP contribution is -2.25. The van der Waals surface area contributed by atoms with Gasteiger partial charge in [-0.3, -0.25) is 4.79 Å². The second kappa shape index (κ2) is 5.44. The summed E-state index contributed by atoms with van der Waals surface area (Å²) in [6, 6.07) is 4.67. The molecule has 1 saturated heterocycles. The van der Waals surface area contributed by atoms with Gasteiger partial charge in [-0.25, -0.2) is 0 Å². The first-order valence-corrected chi connectivity index (χ1v) is 6.51. The van der Waals surface area contributed by atoms with Crippen LogP contribution in [0, 0.1) is 0 Å². The van der Waals surface area contributed by atoms with Crippen LogP contribution >= 0.6 is 28.6 Å². The maximum absolute atomic E-state index is 12.3. The van der Waals surface area contributed by atoms with Crippen molar-refractivity contribution in [2.45, 2.75) is 18.3 Å². The van der Waals surface area contributed by atoms with Gasteiger partial charge in [-0.05, 0) is 18.2 Å². The van der Waals surface area contributed by atoms with Crippen LogP contribution in [-0.2, 0) is 4.79 Å². The molecule has 1 amide bonds. The molecule has 1 atom stereocenters. The van der Waals surface area contributed by atoms with Crippen LogP contribution in [0.3, 0.4) is 0 Å². The standard InChI is InChI=1S/C11H10BrF2NO2S/c12-6-1-2-8(9(3-6)17-11(13)14)15-5-7(18)4-10(15)16/h1-3,7,11,18H,4-5H2. The Kier molecular flexibility index (Phi) is 4.11. The summed E-state index contributed by atoms with van der Waals surface area (Å²) < 4.78 is 29.7. The van der Waals surface area contributed by atoms with E-state index in [0.717, 1.165) is 0 Å². The average Bonchev–Trinajstić information content (AvgIpc) is 2.57. The third-order valence-electron chi connectivity index (χ3n) is 2.53. The van der Waals surface area contributed by atoms with E-state index in [0.29, 0.717) is 23.1 Å². The number of ether oxygens (including phenoxy) is 1. The highest BCUT2D eigenvalue weighted by molar-refractivity contribution is 9.10. The summed E-state index contributed by atoms with van der Waals surface area (Å²) in [7, 11) is 0. The third-order valence-corrected chi connectivity index (χ3v) is 3.37. The van der Waals surface area contributed by atoms with E-state index in [-0.39, 0.29) is 16.9 Å². The Hall–Kier alpha value is -0.820. The highest BCUT2D eigenvalue weighted by Crippen LogP contribution is 2.35. The minimum absolute atomic E-state index is 0.0184. The smallest absolute Gasteiger partial charge is 0.387 e. The van der Waals surface area contributed by atoms with Gasteiger partial charge in [0.25, 0.3) is 0 Å². The number of carbonyl (C=O) groups excluding carboxylic acids is 1. The lowest BCUT2D eigenvalue weighted by molar-refractivity contribution is -0.117. The van der Waals surface area contributed by atoms with E-state index in [2.05, 4.69) is 33.3 Å².